The van der Waals surface area contributed by atoms with Gasteiger partial charge in [0.2, 0.25) is 0 Å². The lowest BCUT2D eigenvalue weighted by Crippen LogP contribution is -2.20. The Balaban J connectivity index is 1.81. The first-order valence-electron chi connectivity index (χ1n) is 10.3. The van der Waals surface area contributed by atoms with Gasteiger partial charge in [0, 0.05) is 17.3 Å². The number of pyridine rings is 2. The van der Waals surface area contributed by atoms with E-state index in [1.165, 1.54) is 12.4 Å². The predicted octanol–water partition coefficient (Wildman–Crippen LogP) is 4.47. The SMILES string of the molecule is CCSc1ccc(C(=O)Nc2cccnc2C(=O)Nc2ccc(Cl)cn2)c(OCCCN)c1. The second-order valence-electron chi connectivity index (χ2n) is 6.75. The van der Waals surface area contributed by atoms with E-state index >= 15 is 0 Å². The van der Waals surface area contributed by atoms with Crippen LogP contribution in [-0.2, 0) is 0 Å². The summed E-state index contributed by atoms with van der Waals surface area (Å²) in [5.74, 6) is 0.726. The van der Waals surface area contributed by atoms with Crippen LogP contribution in [0.1, 0.15) is 34.2 Å². The van der Waals surface area contributed by atoms with Gasteiger partial charge in [-0.25, -0.2) is 9.97 Å². The Morgan fingerprint density at radius 1 is 1.12 bits per heavy atom. The van der Waals surface area contributed by atoms with Crippen LogP contribution in [0.15, 0.2) is 59.8 Å². The number of ether oxygens (including phenoxy) is 1. The number of hydrogen-bond donors (Lipinski definition) is 3. The number of carbonyl (C=O) groups excluding carboxylic acids is 2. The van der Waals surface area contributed by atoms with E-state index in [4.69, 9.17) is 22.1 Å². The quantitative estimate of drug-likeness (QED) is 0.286. The molecule has 0 fully saturated rings. The van der Waals surface area contributed by atoms with E-state index in [0.29, 0.717) is 41.7 Å². The van der Waals surface area contributed by atoms with Gasteiger partial charge in [0.05, 0.1) is 22.9 Å². The third-order valence-corrected chi connectivity index (χ3v) is 5.45. The molecule has 4 N–H and O–H groups in total. The minimum atomic E-state index is -0.519. The summed E-state index contributed by atoms with van der Waals surface area (Å²) in [6, 6.07) is 11.8. The molecule has 33 heavy (non-hydrogen) atoms. The molecule has 0 aliphatic carbocycles. The van der Waals surface area contributed by atoms with E-state index in [-0.39, 0.29) is 11.4 Å². The zero-order valence-corrected chi connectivity index (χ0v) is 19.6. The number of aromatic nitrogens is 2. The van der Waals surface area contributed by atoms with Gasteiger partial charge >= 0.3 is 0 Å². The Morgan fingerprint density at radius 3 is 2.70 bits per heavy atom. The molecule has 3 aromatic rings. The zero-order chi connectivity index (χ0) is 23.6. The molecule has 10 heteroatoms. The Kier molecular flexibility index (Phi) is 9.05. The highest BCUT2D eigenvalue weighted by Crippen LogP contribution is 2.28. The van der Waals surface area contributed by atoms with E-state index in [1.54, 1.807) is 42.1 Å². The molecule has 0 atom stereocenters. The molecule has 0 spiro atoms. The van der Waals surface area contributed by atoms with Gasteiger partial charge in [0.1, 0.15) is 11.6 Å². The van der Waals surface area contributed by atoms with Crippen molar-refractivity contribution in [1.29, 1.82) is 0 Å². The highest BCUT2D eigenvalue weighted by Gasteiger charge is 2.19. The summed E-state index contributed by atoms with van der Waals surface area (Å²) < 4.78 is 5.82. The smallest absolute Gasteiger partial charge is 0.277 e. The summed E-state index contributed by atoms with van der Waals surface area (Å²) in [6.07, 6.45) is 3.56. The van der Waals surface area contributed by atoms with Crippen LogP contribution in [0.2, 0.25) is 5.02 Å². The number of amides is 2. The fraction of sp³-hybridized carbons (Fsp3) is 0.217. The van der Waals surface area contributed by atoms with E-state index in [2.05, 4.69) is 27.5 Å². The van der Waals surface area contributed by atoms with Crippen molar-refractivity contribution in [3.8, 4) is 5.75 Å². The normalized spacial score (nSPS) is 10.5. The Hall–Kier alpha value is -3.14. The van der Waals surface area contributed by atoms with Crippen LogP contribution in [0.25, 0.3) is 0 Å². The lowest BCUT2D eigenvalue weighted by atomic mass is 10.1. The van der Waals surface area contributed by atoms with Crippen LogP contribution < -0.4 is 21.1 Å². The largest absolute Gasteiger partial charge is 0.493 e. The van der Waals surface area contributed by atoms with Gasteiger partial charge in [-0.2, -0.15) is 0 Å². The number of nitrogens with one attached hydrogen (secondary N) is 2. The van der Waals surface area contributed by atoms with Crippen LogP contribution >= 0.6 is 23.4 Å². The maximum absolute atomic E-state index is 13.1. The highest BCUT2D eigenvalue weighted by molar-refractivity contribution is 7.99. The maximum atomic E-state index is 13.1. The van der Waals surface area contributed by atoms with Gasteiger partial charge in [-0.05, 0) is 61.2 Å². The van der Waals surface area contributed by atoms with E-state index < -0.39 is 11.8 Å². The van der Waals surface area contributed by atoms with Crippen LogP contribution in [0.5, 0.6) is 5.75 Å². The van der Waals surface area contributed by atoms with Gasteiger partial charge in [0.25, 0.3) is 11.8 Å². The molecule has 0 unspecified atom stereocenters. The number of nitrogens with zero attached hydrogens (tertiary/aromatic N) is 2. The molecule has 172 valence electrons. The summed E-state index contributed by atoms with van der Waals surface area (Å²) in [4.78, 5) is 35.0. The monoisotopic (exact) mass is 485 g/mol. The Morgan fingerprint density at radius 2 is 1.97 bits per heavy atom. The second kappa shape index (κ2) is 12.2. The molecule has 2 heterocycles. The molecule has 0 aliphatic heterocycles. The zero-order valence-electron chi connectivity index (χ0n) is 18.0. The molecule has 0 bridgehead atoms. The summed E-state index contributed by atoms with van der Waals surface area (Å²) in [5.41, 5.74) is 6.21. The first kappa shape index (κ1) is 24.5. The number of rotatable bonds is 10. The summed E-state index contributed by atoms with van der Waals surface area (Å²) in [5, 5.41) is 5.86. The van der Waals surface area contributed by atoms with Gasteiger partial charge in [-0.1, -0.05) is 18.5 Å². The van der Waals surface area contributed by atoms with Gasteiger partial charge in [-0.15, -0.1) is 11.8 Å². The van der Waals surface area contributed by atoms with E-state index in [9.17, 15) is 9.59 Å². The summed E-state index contributed by atoms with van der Waals surface area (Å²) in [7, 11) is 0. The van der Waals surface area contributed by atoms with Crippen molar-refractivity contribution in [2.75, 3.05) is 29.5 Å². The molecule has 8 nitrogen and oxygen atoms in total. The molecule has 3 rings (SSSR count). The first-order chi connectivity index (χ1) is 16.0. The maximum Gasteiger partial charge on any atom is 0.277 e. The standard InChI is InChI=1S/C23H24ClN5O3S/c1-2-33-16-7-8-17(19(13-16)32-12-4-10-25)22(30)28-18-5-3-11-26-21(18)23(31)29-20-9-6-15(24)14-27-20/h3,5-9,11,13-14H,2,4,10,12,25H2,1H3,(H,28,30)(H,27,29,31). The number of thioether (sulfide) groups is 1. The summed E-state index contributed by atoms with van der Waals surface area (Å²) >= 11 is 7.48. The van der Waals surface area contributed by atoms with Crippen molar-refractivity contribution in [2.24, 2.45) is 5.73 Å². The number of carbonyl (C=O) groups is 2. The summed E-state index contributed by atoms with van der Waals surface area (Å²) in [6.45, 7) is 2.93. The average molecular weight is 486 g/mol. The minimum absolute atomic E-state index is 0.0476. The van der Waals surface area contributed by atoms with Gasteiger partial charge in [0.15, 0.2) is 5.69 Å². The van der Waals surface area contributed by atoms with Gasteiger partial charge < -0.3 is 21.1 Å². The number of benzene rings is 1. The number of anilines is 2. The topological polar surface area (TPSA) is 119 Å². The molecular weight excluding hydrogens is 462 g/mol. The second-order valence-corrected chi connectivity index (χ2v) is 8.53. The third-order valence-electron chi connectivity index (χ3n) is 4.35. The fourth-order valence-electron chi connectivity index (χ4n) is 2.83. The molecule has 0 radical (unpaired) electrons. The van der Waals surface area contributed by atoms with E-state index in [1.807, 2.05) is 12.1 Å². The van der Waals surface area contributed by atoms with Crippen molar-refractivity contribution < 1.29 is 14.3 Å². The van der Waals surface area contributed by atoms with Crippen LogP contribution in [0, 0.1) is 0 Å². The molecular formula is C23H24ClN5O3S. The van der Waals surface area contributed by atoms with Crippen LogP contribution in [0.3, 0.4) is 0 Å². The average Bonchev–Trinajstić information content (AvgIpc) is 2.81. The predicted molar refractivity (Wildman–Crippen MR) is 131 cm³/mol. The number of hydrogen-bond acceptors (Lipinski definition) is 7. The molecule has 0 saturated heterocycles. The van der Waals surface area contributed by atoms with Crippen molar-refractivity contribution in [3.63, 3.8) is 0 Å². The molecule has 0 aliphatic rings. The molecule has 2 aromatic heterocycles. The molecule has 1 aromatic carbocycles. The van der Waals surface area contributed by atoms with Crippen molar-refractivity contribution in [1.82, 2.24) is 9.97 Å². The number of halogens is 1. The van der Waals surface area contributed by atoms with E-state index in [0.717, 1.165) is 10.6 Å². The van der Waals surface area contributed by atoms with Gasteiger partial charge in [-0.3, -0.25) is 9.59 Å². The van der Waals surface area contributed by atoms with Crippen molar-refractivity contribution in [3.05, 3.63) is 71.1 Å². The van der Waals surface area contributed by atoms with Crippen LogP contribution in [-0.4, -0.2) is 40.7 Å². The molecule has 0 saturated carbocycles. The van der Waals surface area contributed by atoms with Crippen LogP contribution in [0.4, 0.5) is 11.5 Å². The van der Waals surface area contributed by atoms with Crippen molar-refractivity contribution >= 4 is 46.7 Å². The Labute approximate surface area is 201 Å². The number of nitrogens with two attached hydrogens (primary N) is 1. The fourth-order valence-corrected chi connectivity index (χ4v) is 3.63. The lowest BCUT2D eigenvalue weighted by Gasteiger charge is -2.14. The van der Waals surface area contributed by atoms with Crippen molar-refractivity contribution in [2.45, 2.75) is 18.2 Å². The highest BCUT2D eigenvalue weighted by atomic mass is 35.5. The first-order valence-corrected chi connectivity index (χ1v) is 11.7. The minimum Gasteiger partial charge on any atom is -0.493 e. The molecule has 2 amide bonds. The lowest BCUT2D eigenvalue weighted by molar-refractivity contribution is 0.102. The Bertz CT molecular complexity index is 1110. The third kappa shape index (κ3) is 6.92.